The van der Waals surface area contributed by atoms with E-state index in [2.05, 4.69) is 37.1 Å². The third kappa shape index (κ3) is 4.90. The third-order valence-electron chi connectivity index (χ3n) is 3.51. The van der Waals surface area contributed by atoms with E-state index >= 15 is 0 Å². The number of likely N-dealkylation sites (N-methyl/N-ethyl adjacent to an activating group) is 1. The number of nitrogens with zero attached hydrogens (tertiary/aromatic N) is 1. The summed E-state index contributed by atoms with van der Waals surface area (Å²) in [5.41, 5.74) is 1.53. The molecule has 4 heteroatoms. The largest absolute Gasteiger partial charge is 0.496 e. The standard InChI is InChI=1S/C17H30N2O2/c1-7-18-13(3)16-14(10-9-11-15(16)21-6)19(8-2)12-17(4,5)20/h9-11,13,18,20H,7-8,12H2,1-6H3. The van der Waals surface area contributed by atoms with Gasteiger partial charge in [-0.1, -0.05) is 13.0 Å². The summed E-state index contributed by atoms with van der Waals surface area (Å²) in [5, 5.41) is 13.6. The van der Waals surface area contributed by atoms with Crippen LogP contribution < -0.4 is 15.0 Å². The molecule has 1 aromatic rings. The van der Waals surface area contributed by atoms with Gasteiger partial charge in [0.2, 0.25) is 0 Å². The predicted molar refractivity (Wildman–Crippen MR) is 89.3 cm³/mol. The van der Waals surface area contributed by atoms with E-state index in [0.717, 1.165) is 30.1 Å². The minimum atomic E-state index is -0.738. The van der Waals surface area contributed by atoms with Crippen molar-refractivity contribution in [1.82, 2.24) is 5.32 Å². The van der Waals surface area contributed by atoms with Crippen LogP contribution in [0.25, 0.3) is 0 Å². The summed E-state index contributed by atoms with van der Waals surface area (Å²) in [6, 6.07) is 6.28. The van der Waals surface area contributed by atoms with Gasteiger partial charge in [0.25, 0.3) is 0 Å². The van der Waals surface area contributed by atoms with Crippen molar-refractivity contribution < 1.29 is 9.84 Å². The maximum atomic E-state index is 10.2. The molecule has 0 saturated heterocycles. The SMILES string of the molecule is CCNC(C)c1c(OC)cccc1N(CC)CC(C)(C)O. The van der Waals surface area contributed by atoms with Crippen molar-refractivity contribution in [3.05, 3.63) is 23.8 Å². The minimum absolute atomic E-state index is 0.192. The zero-order valence-electron chi connectivity index (χ0n) is 14.2. The lowest BCUT2D eigenvalue weighted by Crippen LogP contribution is -2.39. The molecule has 0 heterocycles. The highest BCUT2D eigenvalue weighted by Gasteiger charge is 2.23. The fraction of sp³-hybridized carbons (Fsp3) is 0.647. The molecule has 0 aliphatic carbocycles. The van der Waals surface area contributed by atoms with E-state index in [0.29, 0.717) is 6.54 Å². The Morgan fingerprint density at radius 1 is 1.33 bits per heavy atom. The van der Waals surface area contributed by atoms with Crippen LogP contribution in [0.3, 0.4) is 0 Å². The van der Waals surface area contributed by atoms with E-state index in [9.17, 15) is 5.11 Å². The monoisotopic (exact) mass is 294 g/mol. The Balaban J connectivity index is 3.26. The van der Waals surface area contributed by atoms with Crippen LogP contribution in [-0.4, -0.2) is 37.5 Å². The first-order valence-corrected chi connectivity index (χ1v) is 7.71. The third-order valence-corrected chi connectivity index (χ3v) is 3.51. The van der Waals surface area contributed by atoms with E-state index in [4.69, 9.17) is 4.74 Å². The summed E-state index contributed by atoms with van der Waals surface area (Å²) in [7, 11) is 1.70. The van der Waals surface area contributed by atoms with Crippen LogP contribution in [0.2, 0.25) is 0 Å². The van der Waals surface area contributed by atoms with Gasteiger partial charge in [-0.25, -0.2) is 0 Å². The van der Waals surface area contributed by atoms with Gasteiger partial charge in [0, 0.05) is 30.4 Å². The molecule has 0 radical (unpaired) electrons. The second-order valence-electron chi connectivity index (χ2n) is 6.00. The molecule has 0 bridgehead atoms. The number of methoxy groups -OCH3 is 1. The lowest BCUT2D eigenvalue weighted by Gasteiger charge is -2.33. The molecule has 120 valence electrons. The molecule has 0 aromatic heterocycles. The molecular weight excluding hydrogens is 264 g/mol. The number of hydrogen-bond donors (Lipinski definition) is 2. The summed E-state index contributed by atoms with van der Waals surface area (Å²) >= 11 is 0. The van der Waals surface area contributed by atoms with E-state index in [-0.39, 0.29) is 6.04 Å². The lowest BCUT2D eigenvalue weighted by atomic mass is 10.0. The van der Waals surface area contributed by atoms with Crippen molar-refractivity contribution in [2.75, 3.05) is 31.6 Å². The quantitative estimate of drug-likeness (QED) is 0.774. The average Bonchev–Trinajstić information content (AvgIpc) is 2.43. The van der Waals surface area contributed by atoms with E-state index in [1.165, 1.54) is 0 Å². The van der Waals surface area contributed by atoms with Crippen molar-refractivity contribution in [2.24, 2.45) is 0 Å². The van der Waals surface area contributed by atoms with Gasteiger partial charge < -0.3 is 20.1 Å². The van der Waals surface area contributed by atoms with Gasteiger partial charge in [0.15, 0.2) is 0 Å². The molecule has 0 amide bonds. The summed E-state index contributed by atoms with van der Waals surface area (Å²) in [6.45, 7) is 12.3. The molecule has 1 aromatic carbocycles. The Kier molecular flexibility index (Phi) is 6.49. The Morgan fingerprint density at radius 3 is 2.48 bits per heavy atom. The summed E-state index contributed by atoms with van der Waals surface area (Å²) in [5.74, 6) is 0.884. The van der Waals surface area contributed by atoms with Gasteiger partial charge in [-0.15, -0.1) is 0 Å². The zero-order valence-corrected chi connectivity index (χ0v) is 14.2. The van der Waals surface area contributed by atoms with Crippen LogP contribution in [0.15, 0.2) is 18.2 Å². The number of ether oxygens (including phenoxy) is 1. The summed E-state index contributed by atoms with van der Waals surface area (Å²) < 4.78 is 5.55. The number of aliphatic hydroxyl groups is 1. The molecule has 0 aliphatic rings. The topological polar surface area (TPSA) is 44.7 Å². The Morgan fingerprint density at radius 2 is 2.00 bits per heavy atom. The minimum Gasteiger partial charge on any atom is -0.496 e. The molecule has 21 heavy (non-hydrogen) atoms. The molecule has 1 unspecified atom stereocenters. The van der Waals surface area contributed by atoms with Crippen molar-refractivity contribution >= 4 is 5.69 Å². The highest BCUT2D eigenvalue weighted by molar-refractivity contribution is 5.61. The molecule has 0 aliphatic heterocycles. The van der Waals surface area contributed by atoms with Gasteiger partial charge in [0.1, 0.15) is 5.75 Å². The van der Waals surface area contributed by atoms with Crippen LogP contribution in [0.5, 0.6) is 5.75 Å². The number of nitrogens with one attached hydrogen (secondary N) is 1. The molecule has 0 spiro atoms. The van der Waals surface area contributed by atoms with Crippen molar-refractivity contribution in [1.29, 1.82) is 0 Å². The van der Waals surface area contributed by atoms with Gasteiger partial charge in [-0.05, 0) is 46.4 Å². The van der Waals surface area contributed by atoms with Crippen molar-refractivity contribution in [3.8, 4) is 5.75 Å². The van der Waals surface area contributed by atoms with Gasteiger partial charge in [0.05, 0.1) is 12.7 Å². The maximum Gasteiger partial charge on any atom is 0.125 e. The molecule has 2 N–H and O–H groups in total. The number of benzene rings is 1. The van der Waals surface area contributed by atoms with Crippen LogP contribution in [0, 0.1) is 0 Å². The Bertz CT molecular complexity index is 441. The number of rotatable bonds is 8. The van der Waals surface area contributed by atoms with Gasteiger partial charge in [-0.3, -0.25) is 0 Å². The number of hydrogen-bond acceptors (Lipinski definition) is 4. The molecule has 0 saturated carbocycles. The Labute approximate surface area is 129 Å². The van der Waals surface area contributed by atoms with Gasteiger partial charge >= 0.3 is 0 Å². The maximum absolute atomic E-state index is 10.2. The van der Waals surface area contributed by atoms with Crippen LogP contribution >= 0.6 is 0 Å². The Hall–Kier alpha value is -1.26. The first kappa shape index (κ1) is 17.8. The summed E-state index contributed by atoms with van der Waals surface area (Å²) in [4.78, 5) is 2.20. The molecule has 0 fully saturated rings. The summed E-state index contributed by atoms with van der Waals surface area (Å²) in [6.07, 6.45) is 0. The number of anilines is 1. The first-order chi connectivity index (χ1) is 9.84. The lowest BCUT2D eigenvalue weighted by molar-refractivity contribution is 0.0875. The van der Waals surface area contributed by atoms with Crippen molar-refractivity contribution in [2.45, 2.75) is 46.3 Å². The van der Waals surface area contributed by atoms with E-state index in [1.54, 1.807) is 7.11 Å². The second-order valence-corrected chi connectivity index (χ2v) is 6.00. The van der Waals surface area contributed by atoms with Gasteiger partial charge in [-0.2, -0.15) is 0 Å². The smallest absolute Gasteiger partial charge is 0.125 e. The van der Waals surface area contributed by atoms with E-state index in [1.807, 2.05) is 26.0 Å². The zero-order chi connectivity index (χ0) is 16.0. The van der Waals surface area contributed by atoms with E-state index < -0.39 is 5.60 Å². The second kappa shape index (κ2) is 7.66. The highest BCUT2D eigenvalue weighted by atomic mass is 16.5. The van der Waals surface area contributed by atoms with Crippen LogP contribution in [-0.2, 0) is 0 Å². The first-order valence-electron chi connectivity index (χ1n) is 7.71. The average molecular weight is 294 g/mol. The predicted octanol–water partition coefficient (Wildman–Crippen LogP) is 2.96. The fourth-order valence-corrected chi connectivity index (χ4v) is 2.66. The molecule has 4 nitrogen and oxygen atoms in total. The normalized spacial score (nSPS) is 13.1. The molecular formula is C17H30N2O2. The highest BCUT2D eigenvalue weighted by Crippen LogP contribution is 2.35. The fourth-order valence-electron chi connectivity index (χ4n) is 2.66. The van der Waals surface area contributed by atoms with Crippen LogP contribution in [0.1, 0.15) is 46.2 Å². The van der Waals surface area contributed by atoms with Crippen LogP contribution in [0.4, 0.5) is 5.69 Å². The molecule has 1 atom stereocenters. The molecule has 1 rings (SSSR count). The van der Waals surface area contributed by atoms with Crippen molar-refractivity contribution in [3.63, 3.8) is 0 Å².